The summed E-state index contributed by atoms with van der Waals surface area (Å²) < 4.78 is 5.03. The Bertz CT molecular complexity index is 298. The number of ether oxygens (including phenoxy) is 1. The Balaban J connectivity index is 2.19. The quantitative estimate of drug-likeness (QED) is 0.719. The van der Waals surface area contributed by atoms with E-state index in [-0.39, 0.29) is 12.1 Å². The van der Waals surface area contributed by atoms with Crippen molar-refractivity contribution < 1.29 is 9.53 Å². The molecule has 1 aromatic carbocycles. The molecule has 0 heterocycles. The maximum absolute atomic E-state index is 10.7. The summed E-state index contributed by atoms with van der Waals surface area (Å²) in [5.41, 5.74) is 1.30. The van der Waals surface area contributed by atoms with Gasteiger partial charge in [-0.2, -0.15) is 11.8 Å². The Morgan fingerprint density at radius 2 is 2.07 bits per heavy atom. The van der Waals surface area contributed by atoms with Gasteiger partial charge in [-0.25, -0.2) is 0 Å². The maximum Gasteiger partial charge on any atom is 0.302 e. The molecule has 0 bridgehead atoms. The van der Waals surface area contributed by atoms with Gasteiger partial charge in [0.1, 0.15) is 6.10 Å². The molecule has 0 aliphatic heterocycles. The van der Waals surface area contributed by atoms with Crippen molar-refractivity contribution in [2.75, 3.05) is 5.75 Å². The molecule has 0 unspecified atom stereocenters. The summed E-state index contributed by atoms with van der Waals surface area (Å²) in [5.74, 6) is 1.60. The van der Waals surface area contributed by atoms with Crippen molar-refractivity contribution in [3.8, 4) is 0 Å². The Kier molecular flexibility index (Phi) is 5.26. The van der Waals surface area contributed by atoms with Gasteiger partial charge in [0.05, 0.1) is 0 Å². The third-order valence-corrected chi connectivity index (χ3v) is 3.07. The summed E-state index contributed by atoms with van der Waals surface area (Å²) in [4.78, 5) is 10.7. The van der Waals surface area contributed by atoms with Crippen molar-refractivity contribution in [3.05, 3.63) is 35.9 Å². The highest BCUT2D eigenvalue weighted by Gasteiger charge is 2.04. The first kappa shape index (κ1) is 12.1. The van der Waals surface area contributed by atoms with Gasteiger partial charge in [0.2, 0.25) is 0 Å². The molecule has 0 aliphatic rings. The zero-order chi connectivity index (χ0) is 11.1. The van der Waals surface area contributed by atoms with Crippen molar-refractivity contribution in [2.24, 2.45) is 0 Å². The SMILES string of the molecule is CC(=O)O[C@H](C)CSCc1ccccc1. The Morgan fingerprint density at radius 1 is 1.40 bits per heavy atom. The van der Waals surface area contributed by atoms with Crippen LogP contribution in [-0.2, 0) is 15.3 Å². The molecule has 15 heavy (non-hydrogen) atoms. The van der Waals surface area contributed by atoms with Crippen molar-refractivity contribution in [2.45, 2.75) is 25.7 Å². The summed E-state index contributed by atoms with van der Waals surface area (Å²) in [5, 5.41) is 0. The molecule has 0 saturated heterocycles. The van der Waals surface area contributed by atoms with Gasteiger partial charge in [0.15, 0.2) is 0 Å². The summed E-state index contributed by atoms with van der Waals surface area (Å²) in [6, 6.07) is 10.3. The zero-order valence-electron chi connectivity index (χ0n) is 9.10. The van der Waals surface area contributed by atoms with Gasteiger partial charge in [-0.1, -0.05) is 30.3 Å². The molecule has 3 heteroatoms. The normalized spacial score (nSPS) is 12.1. The predicted octanol–water partition coefficient (Wildman–Crippen LogP) is 2.87. The van der Waals surface area contributed by atoms with Crippen LogP contribution in [0.5, 0.6) is 0 Å². The van der Waals surface area contributed by atoms with Crippen LogP contribution in [0.3, 0.4) is 0 Å². The molecule has 0 radical (unpaired) electrons. The molecule has 1 aromatic rings. The van der Waals surface area contributed by atoms with E-state index in [9.17, 15) is 4.79 Å². The topological polar surface area (TPSA) is 26.3 Å². The van der Waals surface area contributed by atoms with Crippen LogP contribution < -0.4 is 0 Å². The van der Waals surface area contributed by atoms with Gasteiger partial charge in [-0.05, 0) is 12.5 Å². The second-order valence-electron chi connectivity index (χ2n) is 3.42. The molecule has 0 amide bonds. The lowest BCUT2D eigenvalue weighted by Gasteiger charge is -2.10. The van der Waals surface area contributed by atoms with Crippen LogP contribution in [0.2, 0.25) is 0 Å². The summed E-state index contributed by atoms with van der Waals surface area (Å²) in [6.45, 7) is 3.36. The van der Waals surface area contributed by atoms with Crippen LogP contribution in [0.4, 0.5) is 0 Å². The van der Waals surface area contributed by atoms with Gasteiger partial charge < -0.3 is 4.74 Å². The third-order valence-electron chi connectivity index (χ3n) is 1.83. The number of carbonyl (C=O) groups excluding carboxylic acids is 1. The molecule has 1 rings (SSSR count). The second-order valence-corrected chi connectivity index (χ2v) is 4.45. The molecule has 0 spiro atoms. The van der Waals surface area contributed by atoms with Gasteiger partial charge in [0, 0.05) is 18.4 Å². The predicted molar refractivity (Wildman–Crippen MR) is 63.8 cm³/mol. The number of carbonyl (C=O) groups is 1. The van der Waals surface area contributed by atoms with E-state index in [1.165, 1.54) is 12.5 Å². The Morgan fingerprint density at radius 3 is 2.67 bits per heavy atom. The Hall–Kier alpha value is -0.960. The lowest BCUT2D eigenvalue weighted by molar-refractivity contribution is -0.144. The number of benzene rings is 1. The minimum absolute atomic E-state index is 0.00351. The lowest BCUT2D eigenvalue weighted by atomic mass is 10.2. The molecule has 0 N–H and O–H groups in total. The number of rotatable bonds is 5. The van der Waals surface area contributed by atoms with Crippen LogP contribution in [-0.4, -0.2) is 17.8 Å². The molecule has 0 saturated carbocycles. The Labute approximate surface area is 95.0 Å². The van der Waals surface area contributed by atoms with Crippen LogP contribution in [0.25, 0.3) is 0 Å². The first-order valence-corrected chi connectivity index (χ1v) is 6.13. The third kappa shape index (κ3) is 5.47. The molecule has 0 aromatic heterocycles. The lowest BCUT2D eigenvalue weighted by Crippen LogP contribution is -2.14. The van der Waals surface area contributed by atoms with Crippen LogP contribution in [0.15, 0.2) is 30.3 Å². The van der Waals surface area contributed by atoms with Crippen LogP contribution in [0.1, 0.15) is 19.4 Å². The molecular weight excluding hydrogens is 208 g/mol. The van der Waals surface area contributed by atoms with E-state index in [0.29, 0.717) is 0 Å². The van der Waals surface area contributed by atoms with E-state index < -0.39 is 0 Å². The molecule has 1 atom stereocenters. The van der Waals surface area contributed by atoms with Crippen molar-refractivity contribution in [3.63, 3.8) is 0 Å². The highest BCUT2D eigenvalue weighted by atomic mass is 32.2. The fourth-order valence-corrected chi connectivity index (χ4v) is 2.18. The second kappa shape index (κ2) is 6.51. The zero-order valence-corrected chi connectivity index (χ0v) is 9.92. The minimum Gasteiger partial charge on any atom is -0.462 e. The number of hydrogen-bond acceptors (Lipinski definition) is 3. The highest BCUT2D eigenvalue weighted by Crippen LogP contribution is 2.13. The van der Waals surface area contributed by atoms with Crippen LogP contribution in [0, 0.1) is 0 Å². The average molecular weight is 224 g/mol. The van der Waals surface area contributed by atoms with Gasteiger partial charge in [-0.15, -0.1) is 0 Å². The minimum atomic E-state index is -0.206. The fourth-order valence-electron chi connectivity index (χ4n) is 1.23. The van der Waals surface area contributed by atoms with E-state index >= 15 is 0 Å². The highest BCUT2D eigenvalue weighted by molar-refractivity contribution is 7.98. The molecule has 0 fully saturated rings. The molecule has 82 valence electrons. The average Bonchev–Trinajstić information content (AvgIpc) is 2.18. The molecule has 2 nitrogen and oxygen atoms in total. The van der Waals surface area contributed by atoms with Crippen molar-refractivity contribution >= 4 is 17.7 Å². The van der Waals surface area contributed by atoms with Gasteiger partial charge >= 0.3 is 5.97 Å². The monoisotopic (exact) mass is 224 g/mol. The first-order valence-electron chi connectivity index (χ1n) is 4.97. The maximum atomic E-state index is 10.7. The van der Waals surface area contributed by atoms with Crippen molar-refractivity contribution in [1.29, 1.82) is 0 Å². The van der Waals surface area contributed by atoms with E-state index in [1.54, 1.807) is 11.8 Å². The smallest absolute Gasteiger partial charge is 0.302 e. The van der Waals surface area contributed by atoms with E-state index in [0.717, 1.165) is 11.5 Å². The first-order chi connectivity index (χ1) is 7.18. The van der Waals surface area contributed by atoms with E-state index in [2.05, 4.69) is 12.1 Å². The summed E-state index contributed by atoms with van der Waals surface area (Å²) in [6.07, 6.45) is -0.00351. The molecular formula is C12H16O2S. The molecule has 0 aliphatic carbocycles. The van der Waals surface area contributed by atoms with Crippen molar-refractivity contribution in [1.82, 2.24) is 0 Å². The van der Waals surface area contributed by atoms with Crippen LogP contribution >= 0.6 is 11.8 Å². The number of thioether (sulfide) groups is 1. The van der Waals surface area contributed by atoms with E-state index in [1.807, 2.05) is 25.1 Å². The summed E-state index contributed by atoms with van der Waals surface area (Å²) in [7, 11) is 0. The summed E-state index contributed by atoms with van der Waals surface area (Å²) >= 11 is 1.78. The van der Waals surface area contributed by atoms with Gasteiger partial charge in [0.25, 0.3) is 0 Å². The number of hydrogen-bond donors (Lipinski definition) is 0. The van der Waals surface area contributed by atoms with E-state index in [4.69, 9.17) is 4.74 Å². The van der Waals surface area contributed by atoms with Gasteiger partial charge in [-0.3, -0.25) is 4.79 Å². The largest absolute Gasteiger partial charge is 0.462 e. The standard InChI is InChI=1S/C12H16O2S/c1-10(14-11(2)13)8-15-9-12-6-4-3-5-7-12/h3-7,10H,8-9H2,1-2H3/t10-/m1/s1. The number of esters is 1. The fraction of sp³-hybridized carbons (Fsp3) is 0.417.